The van der Waals surface area contributed by atoms with Crippen molar-refractivity contribution in [1.29, 1.82) is 0 Å². The van der Waals surface area contributed by atoms with E-state index in [1.165, 1.54) is 30.0 Å². The molecule has 0 spiro atoms. The first-order valence-electron chi connectivity index (χ1n) is 7.08. The quantitative estimate of drug-likeness (QED) is 0.794. The van der Waals surface area contributed by atoms with Gasteiger partial charge in [-0.3, -0.25) is 14.2 Å². The number of nitrogens with zero attached hydrogens (tertiary/aromatic N) is 3. The van der Waals surface area contributed by atoms with E-state index in [9.17, 15) is 14.4 Å². The highest BCUT2D eigenvalue weighted by atomic mass is 32.1. The van der Waals surface area contributed by atoms with E-state index in [1.807, 2.05) is 24.4 Å². The molecule has 0 aliphatic heterocycles. The van der Waals surface area contributed by atoms with Crippen LogP contribution in [0, 0.1) is 0 Å². The highest BCUT2D eigenvalue weighted by molar-refractivity contribution is 7.10. The maximum atomic E-state index is 12.3. The van der Waals surface area contributed by atoms with E-state index in [0.29, 0.717) is 5.56 Å². The van der Waals surface area contributed by atoms with Gasteiger partial charge in [-0.25, -0.2) is 4.79 Å². The smallest absolute Gasteiger partial charge is 0.330 e. The first kappa shape index (κ1) is 17.0. The maximum absolute atomic E-state index is 12.3. The van der Waals surface area contributed by atoms with E-state index in [2.05, 4.69) is 0 Å². The highest BCUT2D eigenvalue weighted by Crippen LogP contribution is 2.23. The van der Waals surface area contributed by atoms with Gasteiger partial charge in [-0.05, 0) is 24.4 Å². The molecule has 0 aliphatic carbocycles. The first-order valence-corrected chi connectivity index (χ1v) is 7.96. The highest BCUT2D eigenvalue weighted by Gasteiger charge is 2.16. The number of aryl methyl sites for hydroxylation is 1. The van der Waals surface area contributed by atoms with E-state index in [4.69, 9.17) is 0 Å². The maximum Gasteiger partial charge on any atom is 0.330 e. The number of carbonyl (C=O) groups excluding carboxylic acids is 1. The van der Waals surface area contributed by atoms with Crippen molar-refractivity contribution in [3.05, 3.63) is 61.1 Å². The number of hydrogen-bond acceptors (Lipinski definition) is 4. The fraction of sp³-hybridized carbons (Fsp3) is 0.312. The molecule has 0 aromatic carbocycles. The van der Waals surface area contributed by atoms with E-state index < -0.39 is 11.2 Å². The molecular formula is C16H19N3O3S. The van der Waals surface area contributed by atoms with Crippen molar-refractivity contribution < 1.29 is 4.79 Å². The van der Waals surface area contributed by atoms with Crippen LogP contribution >= 0.6 is 11.3 Å². The Morgan fingerprint density at radius 2 is 2.04 bits per heavy atom. The lowest BCUT2D eigenvalue weighted by molar-refractivity contribution is -0.126. The molecule has 1 unspecified atom stereocenters. The SMILES string of the molecule is CC(c1cccs1)N(C)C(=O)C=Cc1cn(C)c(=O)n(C)c1=O. The number of thiophene rings is 1. The Hall–Kier alpha value is -2.41. The molecule has 122 valence electrons. The summed E-state index contributed by atoms with van der Waals surface area (Å²) in [4.78, 5) is 38.6. The zero-order chi connectivity index (χ0) is 17.1. The Morgan fingerprint density at radius 1 is 1.35 bits per heavy atom. The molecule has 23 heavy (non-hydrogen) atoms. The van der Waals surface area contributed by atoms with Crippen LogP contribution in [0.2, 0.25) is 0 Å². The molecule has 2 heterocycles. The lowest BCUT2D eigenvalue weighted by Crippen LogP contribution is -2.37. The van der Waals surface area contributed by atoms with Crippen LogP contribution in [-0.4, -0.2) is 27.0 Å². The van der Waals surface area contributed by atoms with E-state index in [-0.39, 0.29) is 11.9 Å². The normalized spacial score (nSPS) is 12.5. The zero-order valence-corrected chi connectivity index (χ0v) is 14.3. The molecule has 2 rings (SSSR count). The Kier molecular flexibility index (Phi) is 5.00. The summed E-state index contributed by atoms with van der Waals surface area (Å²) in [6.45, 7) is 1.95. The molecule has 1 atom stereocenters. The number of likely N-dealkylation sites (N-methyl/N-ethyl adjacent to an activating group) is 1. The minimum Gasteiger partial charge on any atom is -0.335 e. The summed E-state index contributed by atoms with van der Waals surface area (Å²) in [7, 11) is 4.69. The van der Waals surface area contributed by atoms with Crippen LogP contribution in [0.5, 0.6) is 0 Å². The topological polar surface area (TPSA) is 64.3 Å². The monoisotopic (exact) mass is 333 g/mol. The molecule has 1 amide bonds. The number of carbonyl (C=O) groups is 1. The van der Waals surface area contributed by atoms with Crippen LogP contribution in [0.25, 0.3) is 6.08 Å². The minimum absolute atomic E-state index is 0.0462. The van der Waals surface area contributed by atoms with Gasteiger partial charge < -0.3 is 9.47 Å². The van der Waals surface area contributed by atoms with Gasteiger partial charge in [0.1, 0.15) is 0 Å². The van der Waals surface area contributed by atoms with Crippen LogP contribution in [0.15, 0.2) is 39.4 Å². The number of rotatable bonds is 4. The fourth-order valence-corrected chi connectivity index (χ4v) is 2.97. The number of aromatic nitrogens is 2. The minimum atomic E-state index is -0.425. The lowest BCUT2D eigenvalue weighted by Gasteiger charge is -2.22. The second-order valence-electron chi connectivity index (χ2n) is 5.32. The molecule has 0 bridgehead atoms. The van der Waals surface area contributed by atoms with Crippen molar-refractivity contribution in [3.8, 4) is 0 Å². The van der Waals surface area contributed by atoms with Crippen molar-refractivity contribution in [2.45, 2.75) is 13.0 Å². The molecule has 0 aliphatic rings. The van der Waals surface area contributed by atoms with Crippen molar-refractivity contribution in [2.24, 2.45) is 14.1 Å². The van der Waals surface area contributed by atoms with Crippen LogP contribution in [-0.2, 0) is 18.9 Å². The predicted molar refractivity (Wildman–Crippen MR) is 91.5 cm³/mol. The summed E-state index contributed by atoms with van der Waals surface area (Å²) in [6.07, 6.45) is 4.23. The van der Waals surface area contributed by atoms with Gasteiger partial charge in [-0.15, -0.1) is 11.3 Å². The summed E-state index contributed by atoms with van der Waals surface area (Å²) in [6, 6.07) is 3.87. The van der Waals surface area contributed by atoms with Crippen LogP contribution in [0.3, 0.4) is 0 Å². The molecule has 0 fully saturated rings. The van der Waals surface area contributed by atoms with Gasteiger partial charge in [-0.1, -0.05) is 6.07 Å². The molecule has 7 heteroatoms. The van der Waals surface area contributed by atoms with Crippen LogP contribution < -0.4 is 11.2 Å². The molecule has 2 aromatic heterocycles. The van der Waals surface area contributed by atoms with Gasteiger partial charge in [0.05, 0.1) is 11.6 Å². The second kappa shape index (κ2) is 6.78. The Morgan fingerprint density at radius 3 is 2.65 bits per heavy atom. The second-order valence-corrected chi connectivity index (χ2v) is 6.30. The van der Waals surface area contributed by atoms with Crippen molar-refractivity contribution in [1.82, 2.24) is 14.0 Å². The summed E-state index contributed by atoms with van der Waals surface area (Å²) in [5.41, 5.74) is -0.534. The lowest BCUT2D eigenvalue weighted by atomic mass is 10.2. The molecule has 6 nitrogen and oxygen atoms in total. The third-order valence-corrected chi connectivity index (χ3v) is 4.80. The molecule has 0 saturated carbocycles. The third-order valence-electron chi connectivity index (χ3n) is 3.76. The summed E-state index contributed by atoms with van der Waals surface area (Å²) < 4.78 is 2.33. The van der Waals surface area contributed by atoms with Gasteiger partial charge in [0.15, 0.2) is 0 Å². The van der Waals surface area contributed by atoms with Gasteiger partial charge in [0, 0.05) is 38.3 Å². The average Bonchev–Trinajstić information content (AvgIpc) is 3.07. The van der Waals surface area contributed by atoms with Crippen molar-refractivity contribution >= 4 is 23.3 Å². The predicted octanol–water partition coefficient (Wildman–Crippen LogP) is 1.38. The summed E-state index contributed by atoms with van der Waals surface area (Å²) >= 11 is 1.59. The van der Waals surface area contributed by atoms with Crippen LogP contribution in [0.4, 0.5) is 0 Å². The van der Waals surface area contributed by atoms with E-state index >= 15 is 0 Å². The van der Waals surface area contributed by atoms with E-state index in [0.717, 1.165) is 9.44 Å². The average molecular weight is 333 g/mol. The van der Waals surface area contributed by atoms with Crippen LogP contribution in [0.1, 0.15) is 23.4 Å². The van der Waals surface area contributed by atoms with Gasteiger partial charge in [0.2, 0.25) is 5.91 Å². The molecule has 2 aromatic rings. The van der Waals surface area contributed by atoms with Crippen molar-refractivity contribution in [3.63, 3.8) is 0 Å². The summed E-state index contributed by atoms with van der Waals surface area (Å²) in [5.74, 6) is -0.207. The molecule has 0 radical (unpaired) electrons. The van der Waals surface area contributed by atoms with Gasteiger partial charge in [0.25, 0.3) is 5.56 Å². The largest absolute Gasteiger partial charge is 0.335 e. The summed E-state index contributed by atoms with van der Waals surface area (Å²) in [5, 5.41) is 1.97. The third kappa shape index (κ3) is 3.50. The Bertz CT molecular complexity index is 846. The Balaban J connectivity index is 2.22. The Labute approximate surface area is 137 Å². The molecule has 0 N–H and O–H groups in total. The fourth-order valence-electron chi connectivity index (χ4n) is 2.14. The molecule has 0 saturated heterocycles. The van der Waals surface area contributed by atoms with Gasteiger partial charge in [-0.2, -0.15) is 0 Å². The standard InChI is InChI=1S/C16H19N3O3S/c1-11(13-6-5-9-23-13)18(3)14(20)8-7-12-10-17(2)16(22)19(4)15(12)21/h5-11H,1-4H3. The molecular weight excluding hydrogens is 314 g/mol. The number of hydrogen-bond donors (Lipinski definition) is 0. The van der Waals surface area contributed by atoms with Crippen molar-refractivity contribution in [2.75, 3.05) is 7.05 Å². The number of amides is 1. The van der Waals surface area contributed by atoms with E-state index in [1.54, 1.807) is 30.3 Å². The first-order chi connectivity index (χ1) is 10.8. The van der Waals surface area contributed by atoms with Gasteiger partial charge >= 0.3 is 5.69 Å². The zero-order valence-electron chi connectivity index (χ0n) is 13.5.